The molecule has 0 aliphatic carbocycles. The van der Waals surface area contributed by atoms with Gasteiger partial charge in [0.1, 0.15) is 11.8 Å². The lowest BCUT2D eigenvalue weighted by molar-refractivity contribution is -0.127. The van der Waals surface area contributed by atoms with Gasteiger partial charge in [0.05, 0.1) is 0 Å². The van der Waals surface area contributed by atoms with Crippen LogP contribution in [0.1, 0.15) is 22.6 Å². The van der Waals surface area contributed by atoms with Crippen LogP contribution in [0.25, 0.3) is 0 Å². The molecule has 2 aromatic carbocycles. The zero-order valence-corrected chi connectivity index (χ0v) is 19.3. The number of imidazole rings is 1. The molecule has 0 fully saturated rings. The summed E-state index contributed by atoms with van der Waals surface area (Å²) >= 11 is 1.59. The molecule has 0 bridgehead atoms. The molecule has 2 amide bonds. The number of carbonyl (C=O) groups is 3. The third-order valence-electron chi connectivity index (χ3n) is 4.81. The molecule has 8 nitrogen and oxygen atoms in total. The molecule has 0 aliphatic heterocycles. The Hall–Kier alpha value is -3.59. The van der Waals surface area contributed by atoms with E-state index in [1.165, 1.54) is 0 Å². The molecule has 0 radical (unpaired) electrons. The third kappa shape index (κ3) is 6.95. The predicted octanol–water partition coefficient (Wildman–Crippen LogP) is 2.91. The standard InChI is InChI=1S/C24H26N4O4S/c1-28-14-13-25-23(28)22(30)17-8-10-18(11-9-17)26-24(31)20(12-15-33-2)27-21(29)16-32-19-6-4-3-5-7-19/h3-11,13-14,20H,12,15-16H2,1-2H3,(H,26,31)(H,27,29). The molecular weight excluding hydrogens is 440 g/mol. The minimum absolute atomic E-state index is 0.183. The summed E-state index contributed by atoms with van der Waals surface area (Å²) in [5, 5.41) is 5.55. The van der Waals surface area contributed by atoms with Crippen molar-refractivity contribution in [2.24, 2.45) is 7.05 Å². The smallest absolute Gasteiger partial charge is 0.258 e. The van der Waals surface area contributed by atoms with Crippen molar-refractivity contribution < 1.29 is 19.1 Å². The van der Waals surface area contributed by atoms with Gasteiger partial charge in [0.2, 0.25) is 11.7 Å². The van der Waals surface area contributed by atoms with Crippen molar-refractivity contribution in [3.63, 3.8) is 0 Å². The van der Waals surface area contributed by atoms with Crippen LogP contribution in [0.4, 0.5) is 5.69 Å². The number of hydrogen-bond donors (Lipinski definition) is 2. The maximum Gasteiger partial charge on any atom is 0.258 e. The zero-order valence-electron chi connectivity index (χ0n) is 18.5. The molecule has 0 aliphatic rings. The van der Waals surface area contributed by atoms with Crippen molar-refractivity contribution in [2.75, 3.05) is 23.9 Å². The van der Waals surface area contributed by atoms with Crippen LogP contribution in [0.3, 0.4) is 0 Å². The van der Waals surface area contributed by atoms with E-state index < -0.39 is 6.04 Å². The maximum absolute atomic E-state index is 12.8. The van der Waals surface area contributed by atoms with Gasteiger partial charge < -0.3 is 19.9 Å². The molecule has 0 saturated carbocycles. The number of ether oxygens (including phenoxy) is 1. The number of benzene rings is 2. The first-order valence-corrected chi connectivity index (χ1v) is 11.8. The van der Waals surface area contributed by atoms with Crippen LogP contribution in [0.15, 0.2) is 67.0 Å². The molecule has 1 aromatic heterocycles. The predicted molar refractivity (Wildman–Crippen MR) is 129 cm³/mol. The first-order chi connectivity index (χ1) is 16.0. The number of rotatable bonds is 11. The molecule has 1 unspecified atom stereocenters. The number of nitrogens with zero attached hydrogens (tertiary/aromatic N) is 2. The van der Waals surface area contributed by atoms with Gasteiger partial charge in [-0.2, -0.15) is 11.8 Å². The fraction of sp³-hybridized carbons (Fsp3) is 0.250. The lowest BCUT2D eigenvalue weighted by Gasteiger charge is -2.18. The van der Waals surface area contributed by atoms with E-state index in [0.717, 1.165) is 0 Å². The largest absolute Gasteiger partial charge is 0.484 e. The molecule has 1 heterocycles. The SMILES string of the molecule is CSCCC(NC(=O)COc1ccccc1)C(=O)Nc1ccc(C(=O)c2nccn2C)cc1. The number of nitrogens with one attached hydrogen (secondary N) is 2. The van der Waals surface area contributed by atoms with Crippen LogP contribution in [-0.2, 0) is 16.6 Å². The highest BCUT2D eigenvalue weighted by atomic mass is 32.2. The number of ketones is 1. The Labute approximate surface area is 196 Å². The summed E-state index contributed by atoms with van der Waals surface area (Å²) in [6.07, 6.45) is 5.68. The van der Waals surface area contributed by atoms with Crippen molar-refractivity contribution in [2.45, 2.75) is 12.5 Å². The molecule has 0 saturated heterocycles. The van der Waals surface area contributed by atoms with Crippen molar-refractivity contribution in [3.05, 3.63) is 78.4 Å². The lowest BCUT2D eigenvalue weighted by atomic mass is 10.1. The van der Waals surface area contributed by atoms with E-state index in [1.54, 1.807) is 72.2 Å². The van der Waals surface area contributed by atoms with Gasteiger partial charge in [-0.1, -0.05) is 18.2 Å². The molecule has 3 aromatic rings. The van der Waals surface area contributed by atoms with Crippen molar-refractivity contribution in [1.82, 2.24) is 14.9 Å². The molecule has 1 atom stereocenters. The fourth-order valence-corrected chi connectivity index (χ4v) is 3.53. The monoisotopic (exact) mass is 466 g/mol. The first kappa shape index (κ1) is 24.1. The van der Waals surface area contributed by atoms with Crippen LogP contribution in [0.5, 0.6) is 5.75 Å². The number of aryl methyl sites for hydroxylation is 1. The second kappa shape index (κ2) is 11.9. The average molecular weight is 467 g/mol. The Morgan fingerprint density at radius 3 is 2.45 bits per heavy atom. The Morgan fingerprint density at radius 1 is 1.09 bits per heavy atom. The fourth-order valence-electron chi connectivity index (χ4n) is 3.05. The number of hydrogen-bond acceptors (Lipinski definition) is 6. The Bertz CT molecular complexity index is 1080. The van der Waals surface area contributed by atoms with Crippen molar-refractivity contribution in [1.29, 1.82) is 0 Å². The number of anilines is 1. The molecule has 172 valence electrons. The second-order valence-corrected chi connectivity index (χ2v) is 8.25. The van der Waals surface area contributed by atoms with E-state index in [2.05, 4.69) is 15.6 Å². The van der Waals surface area contributed by atoms with E-state index in [1.807, 2.05) is 24.5 Å². The van der Waals surface area contributed by atoms with E-state index in [-0.39, 0.29) is 24.2 Å². The van der Waals surface area contributed by atoms with Gasteiger partial charge in [-0.05, 0) is 54.8 Å². The average Bonchev–Trinajstić information content (AvgIpc) is 3.26. The number of para-hydroxylation sites is 1. The van der Waals surface area contributed by atoms with Gasteiger partial charge in [-0.25, -0.2) is 4.98 Å². The van der Waals surface area contributed by atoms with E-state index >= 15 is 0 Å². The Balaban J connectivity index is 1.59. The second-order valence-electron chi connectivity index (χ2n) is 7.26. The minimum atomic E-state index is -0.710. The summed E-state index contributed by atoms with van der Waals surface area (Å²) in [5.41, 5.74) is 0.993. The van der Waals surface area contributed by atoms with Gasteiger partial charge in [0.15, 0.2) is 12.4 Å². The summed E-state index contributed by atoms with van der Waals surface area (Å²) in [4.78, 5) is 41.8. The molecule has 3 rings (SSSR count). The van der Waals surface area contributed by atoms with Crippen LogP contribution in [-0.4, -0.2) is 51.8 Å². The normalized spacial score (nSPS) is 11.5. The number of carbonyl (C=O) groups excluding carboxylic acids is 3. The summed E-state index contributed by atoms with van der Waals surface area (Å²) in [7, 11) is 1.75. The van der Waals surface area contributed by atoms with Gasteiger partial charge >= 0.3 is 0 Å². The maximum atomic E-state index is 12.8. The quantitative estimate of drug-likeness (QED) is 0.421. The number of thioether (sulfide) groups is 1. The topological polar surface area (TPSA) is 102 Å². The van der Waals surface area contributed by atoms with Gasteiger partial charge in [0.25, 0.3) is 5.91 Å². The molecule has 2 N–H and O–H groups in total. The number of amides is 2. The van der Waals surface area contributed by atoms with Crippen LogP contribution >= 0.6 is 11.8 Å². The van der Waals surface area contributed by atoms with Crippen LogP contribution in [0, 0.1) is 0 Å². The molecular formula is C24H26N4O4S. The Morgan fingerprint density at radius 2 is 1.82 bits per heavy atom. The summed E-state index contributed by atoms with van der Waals surface area (Å²) in [5.74, 6) is 0.706. The van der Waals surface area contributed by atoms with Gasteiger partial charge in [-0.3, -0.25) is 14.4 Å². The van der Waals surface area contributed by atoms with Gasteiger partial charge in [0, 0.05) is 30.7 Å². The molecule has 33 heavy (non-hydrogen) atoms. The minimum Gasteiger partial charge on any atom is -0.484 e. The highest BCUT2D eigenvalue weighted by Gasteiger charge is 2.21. The highest BCUT2D eigenvalue weighted by molar-refractivity contribution is 7.98. The molecule has 0 spiro atoms. The highest BCUT2D eigenvalue weighted by Crippen LogP contribution is 2.14. The van der Waals surface area contributed by atoms with E-state index in [9.17, 15) is 14.4 Å². The van der Waals surface area contributed by atoms with Crippen molar-refractivity contribution >= 4 is 35.0 Å². The van der Waals surface area contributed by atoms with Gasteiger partial charge in [-0.15, -0.1) is 0 Å². The van der Waals surface area contributed by atoms with E-state index in [0.29, 0.717) is 35.0 Å². The van der Waals surface area contributed by atoms with E-state index in [4.69, 9.17) is 4.74 Å². The van der Waals surface area contributed by atoms with Crippen LogP contribution < -0.4 is 15.4 Å². The molecule has 9 heteroatoms. The third-order valence-corrected chi connectivity index (χ3v) is 5.46. The Kier molecular flexibility index (Phi) is 8.65. The lowest BCUT2D eigenvalue weighted by Crippen LogP contribution is -2.45. The number of aromatic nitrogens is 2. The zero-order chi connectivity index (χ0) is 23.6. The summed E-state index contributed by atoms with van der Waals surface area (Å²) in [6, 6.07) is 14.9. The van der Waals surface area contributed by atoms with Crippen LogP contribution in [0.2, 0.25) is 0 Å². The first-order valence-electron chi connectivity index (χ1n) is 10.4. The summed E-state index contributed by atoms with van der Waals surface area (Å²) < 4.78 is 7.11. The van der Waals surface area contributed by atoms with Crippen molar-refractivity contribution in [3.8, 4) is 5.75 Å². The summed E-state index contributed by atoms with van der Waals surface area (Å²) in [6.45, 7) is -0.183.